The van der Waals surface area contributed by atoms with Crippen molar-refractivity contribution >= 4 is 18.7 Å². The highest BCUT2D eigenvalue weighted by Crippen LogP contribution is 2.32. The van der Waals surface area contributed by atoms with Crippen LogP contribution < -0.4 is 21.0 Å². The second-order valence-electron chi connectivity index (χ2n) is 6.68. The number of anilines is 1. The normalized spacial score (nSPS) is 15.8. The van der Waals surface area contributed by atoms with Gasteiger partial charge in [-0.1, -0.05) is 30.3 Å². The van der Waals surface area contributed by atoms with Crippen LogP contribution >= 0.6 is 0 Å². The Morgan fingerprint density at radius 2 is 2.00 bits per heavy atom. The Bertz CT molecular complexity index is 816. The van der Waals surface area contributed by atoms with Crippen LogP contribution in [-0.2, 0) is 17.6 Å². The van der Waals surface area contributed by atoms with Crippen molar-refractivity contribution in [2.24, 2.45) is 5.73 Å². The first kappa shape index (κ1) is 20.2. The summed E-state index contributed by atoms with van der Waals surface area (Å²) in [5, 5.41) is 35.0. The van der Waals surface area contributed by atoms with Crippen LogP contribution in [0.2, 0.25) is 0 Å². The van der Waals surface area contributed by atoms with E-state index in [0.717, 1.165) is 11.3 Å². The molecule has 2 aromatic carbocycles. The molecule has 8 nitrogen and oxygen atoms in total. The Morgan fingerprint density at radius 1 is 1.25 bits per heavy atom. The second-order valence-corrected chi connectivity index (χ2v) is 6.68. The molecular formula is C19H24BN3O5. The van der Waals surface area contributed by atoms with Crippen LogP contribution in [0, 0.1) is 0 Å². The number of carbonyl (C=O) groups is 1. The smallest absolute Gasteiger partial charge is 0.534 e. The SMILES string of the molecule is NCCNc1ccc(CC(=O)N[C@H]2Cc3cccc(C(O)O)c3OB2O)cc1. The van der Waals surface area contributed by atoms with Crippen molar-refractivity contribution < 1.29 is 24.7 Å². The molecule has 0 saturated carbocycles. The molecular weight excluding hydrogens is 361 g/mol. The van der Waals surface area contributed by atoms with Gasteiger partial charge in [-0.2, -0.15) is 0 Å². The number of nitrogens with two attached hydrogens (primary N) is 1. The second kappa shape index (κ2) is 9.07. The minimum Gasteiger partial charge on any atom is -0.534 e. The van der Waals surface area contributed by atoms with Crippen molar-refractivity contribution in [2.45, 2.75) is 25.1 Å². The summed E-state index contributed by atoms with van der Waals surface area (Å²) in [6.07, 6.45) is -1.21. The van der Waals surface area contributed by atoms with E-state index >= 15 is 0 Å². The third-order valence-electron chi connectivity index (χ3n) is 4.57. The number of fused-ring (bicyclic) bond motifs is 1. The van der Waals surface area contributed by atoms with Crippen LogP contribution in [0.15, 0.2) is 42.5 Å². The van der Waals surface area contributed by atoms with Gasteiger partial charge in [0.25, 0.3) is 0 Å². The van der Waals surface area contributed by atoms with Crippen molar-refractivity contribution in [1.82, 2.24) is 5.32 Å². The molecule has 1 aliphatic rings. The maximum absolute atomic E-state index is 12.4. The molecule has 0 aliphatic carbocycles. The summed E-state index contributed by atoms with van der Waals surface area (Å²) in [6.45, 7) is 1.22. The first-order valence-electron chi connectivity index (χ1n) is 9.13. The van der Waals surface area contributed by atoms with Gasteiger partial charge < -0.3 is 36.3 Å². The maximum atomic E-state index is 12.4. The lowest BCUT2D eigenvalue weighted by molar-refractivity contribution is -0.120. The van der Waals surface area contributed by atoms with Gasteiger partial charge in [0.1, 0.15) is 5.75 Å². The largest absolute Gasteiger partial charge is 0.547 e. The molecule has 1 atom stereocenters. The number of aliphatic hydroxyl groups is 2. The van der Waals surface area contributed by atoms with Crippen LogP contribution in [-0.4, -0.2) is 47.3 Å². The molecule has 1 amide bonds. The Morgan fingerprint density at radius 3 is 2.68 bits per heavy atom. The number of amides is 1. The van der Waals surface area contributed by atoms with Crippen molar-refractivity contribution in [2.75, 3.05) is 18.4 Å². The molecule has 0 unspecified atom stereocenters. The predicted molar refractivity (Wildman–Crippen MR) is 106 cm³/mol. The number of aliphatic hydroxyl groups excluding tert-OH is 1. The molecule has 0 saturated heterocycles. The molecule has 28 heavy (non-hydrogen) atoms. The number of benzene rings is 2. The summed E-state index contributed by atoms with van der Waals surface area (Å²) >= 11 is 0. The van der Waals surface area contributed by atoms with E-state index in [1.807, 2.05) is 24.3 Å². The fourth-order valence-electron chi connectivity index (χ4n) is 3.18. The number of carbonyl (C=O) groups excluding carboxylic acids is 1. The molecule has 1 aliphatic heterocycles. The van der Waals surface area contributed by atoms with Crippen molar-refractivity contribution in [1.29, 1.82) is 0 Å². The van der Waals surface area contributed by atoms with E-state index in [0.29, 0.717) is 25.1 Å². The Labute approximate surface area is 163 Å². The first-order chi connectivity index (χ1) is 13.5. The molecule has 1 heterocycles. The fourth-order valence-corrected chi connectivity index (χ4v) is 3.18. The van der Waals surface area contributed by atoms with Gasteiger partial charge in [-0.3, -0.25) is 4.79 Å². The van der Waals surface area contributed by atoms with Gasteiger partial charge in [0.2, 0.25) is 5.91 Å². The standard InChI is InChI=1S/C19H24BN3O5/c21-8-9-22-14-6-4-12(5-7-14)10-17(24)23-16-11-13-2-1-3-15(19(25)26)18(13)28-20(16)27/h1-7,16,19,22,25-27H,8-11,21H2,(H,23,24)/t16-/m0/s1. The molecule has 9 heteroatoms. The minimum atomic E-state index is -1.70. The van der Waals surface area contributed by atoms with E-state index in [2.05, 4.69) is 10.6 Å². The van der Waals surface area contributed by atoms with Gasteiger partial charge in [0, 0.05) is 24.3 Å². The number of hydrogen-bond acceptors (Lipinski definition) is 7. The van der Waals surface area contributed by atoms with E-state index in [1.54, 1.807) is 12.1 Å². The molecule has 2 aromatic rings. The average Bonchev–Trinajstić information content (AvgIpc) is 2.67. The average molecular weight is 385 g/mol. The highest BCUT2D eigenvalue weighted by atomic mass is 16.5. The van der Waals surface area contributed by atoms with Crippen LogP contribution in [0.4, 0.5) is 5.69 Å². The maximum Gasteiger partial charge on any atom is 0.547 e. The third-order valence-corrected chi connectivity index (χ3v) is 4.57. The van der Waals surface area contributed by atoms with Gasteiger partial charge in [0.15, 0.2) is 6.29 Å². The number of hydrogen-bond donors (Lipinski definition) is 6. The van der Waals surface area contributed by atoms with Gasteiger partial charge in [-0.25, -0.2) is 0 Å². The van der Waals surface area contributed by atoms with Gasteiger partial charge in [-0.15, -0.1) is 0 Å². The lowest BCUT2D eigenvalue weighted by atomic mass is 9.72. The summed E-state index contributed by atoms with van der Waals surface area (Å²) in [7, 11) is -1.28. The van der Waals surface area contributed by atoms with E-state index in [1.165, 1.54) is 6.07 Å². The summed E-state index contributed by atoms with van der Waals surface area (Å²) in [5.74, 6) is -0.621. The Hall–Kier alpha value is -2.59. The number of rotatable bonds is 7. The molecule has 0 spiro atoms. The lowest BCUT2D eigenvalue weighted by Crippen LogP contribution is -2.53. The summed E-state index contributed by atoms with van der Waals surface area (Å²) in [4.78, 5) is 12.4. The zero-order valence-electron chi connectivity index (χ0n) is 15.3. The van der Waals surface area contributed by atoms with Crippen LogP contribution in [0.3, 0.4) is 0 Å². The van der Waals surface area contributed by atoms with E-state index in [9.17, 15) is 20.0 Å². The van der Waals surface area contributed by atoms with Crippen molar-refractivity contribution in [3.8, 4) is 5.75 Å². The fraction of sp³-hybridized carbons (Fsp3) is 0.316. The minimum absolute atomic E-state index is 0.169. The van der Waals surface area contributed by atoms with Gasteiger partial charge >= 0.3 is 7.12 Å². The zero-order chi connectivity index (χ0) is 20.1. The predicted octanol–water partition coefficient (Wildman–Crippen LogP) is -0.277. The highest BCUT2D eigenvalue weighted by Gasteiger charge is 2.37. The van der Waals surface area contributed by atoms with Crippen molar-refractivity contribution in [3.05, 3.63) is 59.2 Å². The van der Waals surface area contributed by atoms with Crippen LogP contribution in [0.1, 0.15) is 23.0 Å². The zero-order valence-corrected chi connectivity index (χ0v) is 15.3. The summed E-state index contributed by atoms with van der Waals surface area (Å²) in [6, 6.07) is 12.4. The van der Waals surface area contributed by atoms with E-state index in [4.69, 9.17) is 10.4 Å². The molecule has 0 fully saturated rings. The monoisotopic (exact) mass is 385 g/mol. The molecule has 0 radical (unpaired) electrons. The summed E-state index contributed by atoms with van der Waals surface area (Å²) in [5.41, 5.74) is 8.11. The first-order valence-corrected chi connectivity index (χ1v) is 9.13. The van der Waals surface area contributed by atoms with Crippen LogP contribution in [0.5, 0.6) is 5.75 Å². The highest BCUT2D eigenvalue weighted by molar-refractivity contribution is 6.46. The molecule has 0 aromatic heterocycles. The third kappa shape index (κ3) is 4.82. The summed E-state index contributed by atoms with van der Waals surface area (Å²) < 4.78 is 5.44. The quantitative estimate of drug-likeness (QED) is 0.285. The van der Waals surface area contributed by atoms with Crippen LogP contribution in [0.25, 0.3) is 0 Å². The van der Waals surface area contributed by atoms with Gasteiger partial charge in [-0.05, 0) is 29.7 Å². The van der Waals surface area contributed by atoms with E-state index < -0.39 is 19.3 Å². The molecule has 3 rings (SSSR count). The Balaban J connectivity index is 1.61. The topological polar surface area (TPSA) is 137 Å². The van der Waals surface area contributed by atoms with Gasteiger partial charge in [0.05, 0.1) is 12.4 Å². The molecule has 148 valence electrons. The molecule has 7 N–H and O–H groups in total. The number of nitrogens with one attached hydrogen (secondary N) is 2. The van der Waals surface area contributed by atoms with Crippen molar-refractivity contribution in [3.63, 3.8) is 0 Å². The Kier molecular flexibility index (Phi) is 6.53. The lowest BCUT2D eigenvalue weighted by Gasteiger charge is -2.29. The molecule has 0 bridgehead atoms. The number of para-hydroxylation sites is 1. The van der Waals surface area contributed by atoms with E-state index in [-0.39, 0.29) is 23.6 Å².